The Balaban J connectivity index is 1.65. The molecule has 2 aromatic heterocycles. The van der Waals surface area contributed by atoms with E-state index in [0.717, 1.165) is 40.2 Å². The molecule has 0 aliphatic heterocycles. The van der Waals surface area contributed by atoms with Gasteiger partial charge in [-0.1, -0.05) is 17.4 Å². The highest BCUT2D eigenvalue weighted by atomic mass is 32.1. The van der Waals surface area contributed by atoms with Gasteiger partial charge in [0.2, 0.25) is 0 Å². The van der Waals surface area contributed by atoms with Gasteiger partial charge in [-0.3, -0.25) is 0 Å². The minimum Gasteiger partial charge on any atom is -0.506 e. The van der Waals surface area contributed by atoms with Crippen LogP contribution in [0.2, 0.25) is 0 Å². The highest BCUT2D eigenvalue weighted by Gasteiger charge is 2.26. The van der Waals surface area contributed by atoms with Gasteiger partial charge < -0.3 is 15.5 Å². The van der Waals surface area contributed by atoms with Gasteiger partial charge in [-0.15, -0.1) is 5.10 Å². The summed E-state index contributed by atoms with van der Waals surface area (Å²) in [7, 11) is 0. The molecule has 1 aromatic carbocycles. The van der Waals surface area contributed by atoms with Crippen LogP contribution in [0.3, 0.4) is 0 Å². The van der Waals surface area contributed by atoms with Crippen LogP contribution in [-0.2, 0) is 0 Å². The number of thiazole rings is 1. The van der Waals surface area contributed by atoms with Crippen molar-refractivity contribution in [2.24, 2.45) is 0 Å². The van der Waals surface area contributed by atoms with Crippen LogP contribution < -0.4 is 5.32 Å². The van der Waals surface area contributed by atoms with Crippen LogP contribution in [0.15, 0.2) is 18.3 Å². The standard InChI is InChI=1S/C17H20N4O2S/c1-9-6-10(2)15(13(23)7-9)21-8-14-16(20-21)19-17(24-14)18-11-4-3-5-12(11)22/h6-8,11-12,22-23H,3-5H2,1-2H3,(H,18,19,20). The number of aromatic hydroxyl groups is 1. The van der Waals surface area contributed by atoms with Crippen LogP contribution in [-0.4, -0.2) is 37.1 Å². The van der Waals surface area contributed by atoms with Crippen molar-refractivity contribution in [3.05, 3.63) is 29.5 Å². The van der Waals surface area contributed by atoms with E-state index < -0.39 is 0 Å². The lowest BCUT2D eigenvalue weighted by Crippen LogP contribution is -2.27. The van der Waals surface area contributed by atoms with Gasteiger partial charge in [-0.2, -0.15) is 4.98 Å². The first-order valence-corrected chi connectivity index (χ1v) is 8.94. The third-order valence-electron chi connectivity index (χ3n) is 4.52. The fourth-order valence-electron chi connectivity index (χ4n) is 3.40. The lowest BCUT2D eigenvalue weighted by atomic mass is 10.1. The van der Waals surface area contributed by atoms with Gasteiger partial charge in [0.05, 0.1) is 23.0 Å². The fraction of sp³-hybridized carbons (Fsp3) is 0.412. The van der Waals surface area contributed by atoms with E-state index >= 15 is 0 Å². The van der Waals surface area contributed by atoms with E-state index in [2.05, 4.69) is 15.4 Å². The summed E-state index contributed by atoms with van der Waals surface area (Å²) in [6.07, 6.45) is 4.45. The summed E-state index contributed by atoms with van der Waals surface area (Å²) in [5.74, 6) is 0.218. The summed E-state index contributed by atoms with van der Waals surface area (Å²) in [5.41, 5.74) is 3.32. The molecule has 0 spiro atoms. The van der Waals surface area contributed by atoms with E-state index in [9.17, 15) is 10.2 Å². The van der Waals surface area contributed by atoms with Crippen molar-refractivity contribution in [2.75, 3.05) is 5.32 Å². The number of aryl methyl sites for hydroxylation is 2. The molecular weight excluding hydrogens is 324 g/mol. The van der Waals surface area contributed by atoms with Gasteiger partial charge in [0.1, 0.15) is 11.4 Å². The number of rotatable bonds is 3. The average molecular weight is 344 g/mol. The Labute approximate surface area is 143 Å². The molecule has 2 heterocycles. The first-order valence-electron chi connectivity index (χ1n) is 8.12. The Hall–Kier alpha value is -2.12. The number of hydrogen-bond donors (Lipinski definition) is 3. The second-order valence-corrected chi connectivity index (χ2v) is 7.51. The molecule has 126 valence electrons. The van der Waals surface area contributed by atoms with Gasteiger partial charge in [0.25, 0.3) is 0 Å². The lowest BCUT2D eigenvalue weighted by molar-refractivity contribution is 0.172. The summed E-state index contributed by atoms with van der Waals surface area (Å²) in [6, 6.07) is 3.84. The number of aliphatic hydroxyl groups is 1. The Morgan fingerprint density at radius 1 is 1.29 bits per heavy atom. The normalized spacial score (nSPS) is 20.8. The van der Waals surface area contributed by atoms with E-state index in [4.69, 9.17) is 0 Å². The molecule has 1 saturated carbocycles. The zero-order chi connectivity index (χ0) is 16.8. The summed E-state index contributed by atoms with van der Waals surface area (Å²) < 4.78 is 2.64. The van der Waals surface area contributed by atoms with Gasteiger partial charge in [-0.25, -0.2) is 4.68 Å². The molecule has 1 fully saturated rings. The molecule has 7 heteroatoms. The first kappa shape index (κ1) is 15.4. The van der Waals surface area contributed by atoms with Crippen molar-refractivity contribution in [3.8, 4) is 11.4 Å². The highest BCUT2D eigenvalue weighted by Crippen LogP contribution is 2.32. The number of hydrogen-bond acceptors (Lipinski definition) is 6. The van der Waals surface area contributed by atoms with Gasteiger partial charge in [0, 0.05) is 0 Å². The minimum absolute atomic E-state index is 0.0794. The number of anilines is 1. The minimum atomic E-state index is -0.298. The largest absolute Gasteiger partial charge is 0.506 e. The monoisotopic (exact) mass is 344 g/mol. The number of nitrogens with one attached hydrogen (secondary N) is 1. The molecule has 24 heavy (non-hydrogen) atoms. The predicted octanol–water partition coefficient (Wildman–Crippen LogP) is 3.13. The first-order chi connectivity index (χ1) is 11.5. The van der Waals surface area contributed by atoms with E-state index in [-0.39, 0.29) is 17.9 Å². The van der Waals surface area contributed by atoms with Crippen molar-refractivity contribution in [2.45, 2.75) is 45.3 Å². The number of phenolic OH excluding ortho intramolecular Hbond substituents is 1. The predicted molar refractivity (Wildman–Crippen MR) is 95.1 cm³/mol. The molecule has 6 nitrogen and oxygen atoms in total. The van der Waals surface area contributed by atoms with Crippen LogP contribution in [0.25, 0.3) is 16.0 Å². The summed E-state index contributed by atoms with van der Waals surface area (Å²) in [6.45, 7) is 3.91. The van der Waals surface area contributed by atoms with Crippen molar-refractivity contribution in [3.63, 3.8) is 0 Å². The Morgan fingerprint density at radius 2 is 2.12 bits per heavy atom. The molecule has 1 aliphatic rings. The molecule has 0 radical (unpaired) electrons. The van der Waals surface area contributed by atoms with Gasteiger partial charge >= 0.3 is 0 Å². The molecule has 1 aliphatic carbocycles. The van der Waals surface area contributed by atoms with E-state index in [1.165, 1.54) is 11.3 Å². The maximum absolute atomic E-state index is 10.2. The van der Waals surface area contributed by atoms with Crippen molar-refractivity contribution in [1.82, 2.24) is 14.8 Å². The van der Waals surface area contributed by atoms with Crippen LogP contribution in [0.1, 0.15) is 30.4 Å². The quantitative estimate of drug-likeness (QED) is 0.680. The second-order valence-electron chi connectivity index (χ2n) is 6.48. The Kier molecular flexibility index (Phi) is 3.69. The third kappa shape index (κ3) is 2.63. The Morgan fingerprint density at radius 3 is 2.79 bits per heavy atom. The molecule has 0 saturated heterocycles. The van der Waals surface area contributed by atoms with Crippen LogP contribution in [0.5, 0.6) is 5.75 Å². The number of fused-ring (bicyclic) bond motifs is 1. The van der Waals surface area contributed by atoms with Crippen molar-refractivity contribution < 1.29 is 10.2 Å². The topological polar surface area (TPSA) is 83.2 Å². The fourth-order valence-corrected chi connectivity index (χ4v) is 4.28. The van der Waals surface area contributed by atoms with Crippen LogP contribution in [0, 0.1) is 13.8 Å². The summed E-state index contributed by atoms with van der Waals surface area (Å²) >= 11 is 1.52. The SMILES string of the molecule is Cc1cc(C)c(-n2cc3sc(NC4CCCC4O)nc3n2)c(O)c1. The molecular formula is C17H20N4O2S. The number of nitrogens with zero attached hydrogens (tertiary/aromatic N) is 3. The molecule has 0 bridgehead atoms. The zero-order valence-corrected chi connectivity index (χ0v) is 14.5. The van der Waals surface area contributed by atoms with E-state index in [1.54, 1.807) is 10.7 Å². The third-order valence-corrected chi connectivity index (χ3v) is 5.43. The van der Waals surface area contributed by atoms with E-state index in [0.29, 0.717) is 11.3 Å². The molecule has 2 atom stereocenters. The molecule has 0 amide bonds. The maximum atomic E-state index is 10.2. The number of benzene rings is 1. The smallest absolute Gasteiger partial charge is 0.194 e. The van der Waals surface area contributed by atoms with Crippen molar-refractivity contribution >= 4 is 26.8 Å². The van der Waals surface area contributed by atoms with E-state index in [1.807, 2.05) is 26.1 Å². The van der Waals surface area contributed by atoms with Crippen LogP contribution in [0.4, 0.5) is 5.13 Å². The summed E-state index contributed by atoms with van der Waals surface area (Å²) in [5, 5.41) is 28.8. The van der Waals surface area contributed by atoms with Crippen molar-refractivity contribution in [1.29, 1.82) is 0 Å². The van der Waals surface area contributed by atoms with Crippen LogP contribution >= 0.6 is 11.3 Å². The average Bonchev–Trinajstić information content (AvgIpc) is 3.14. The van der Waals surface area contributed by atoms with Gasteiger partial charge in [-0.05, 0) is 50.3 Å². The second kappa shape index (κ2) is 5.75. The number of aliphatic hydroxyl groups excluding tert-OH is 1. The lowest BCUT2D eigenvalue weighted by Gasteiger charge is -2.15. The molecule has 3 aromatic rings. The van der Waals surface area contributed by atoms with Gasteiger partial charge in [0.15, 0.2) is 10.8 Å². The maximum Gasteiger partial charge on any atom is 0.194 e. The number of aromatic nitrogens is 3. The Bertz CT molecular complexity index is 847. The molecule has 2 unspecified atom stereocenters. The summed E-state index contributed by atoms with van der Waals surface area (Å²) in [4.78, 5) is 4.52. The molecule has 4 rings (SSSR count). The molecule has 3 N–H and O–H groups in total. The number of phenols is 1. The zero-order valence-electron chi connectivity index (χ0n) is 13.7. The highest BCUT2D eigenvalue weighted by molar-refractivity contribution is 7.22.